The van der Waals surface area contributed by atoms with E-state index in [0.717, 1.165) is 5.56 Å². The number of hydrogen-bond acceptors (Lipinski definition) is 5. The van der Waals surface area contributed by atoms with Crippen LogP contribution in [0.25, 0.3) is 10.9 Å². The van der Waals surface area contributed by atoms with Gasteiger partial charge in [-0.3, -0.25) is 15.4 Å². The third-order valence-electron chi connectivity index (χ3n) is 3.33. The zero-order chi connectivity index (χ0) is 16.9. The minimum absolute atomic E-state index is 0.00715. The van der Waals surface area contributed by atoms with Crippen molar-refractivity contribution in [3.8, 4) is 0 Å². The number of non-ortho nitro benzene ring substituents is 1. The molecule has 2 aromatic carbocycles. The maximum atomic E-state index is 11.8. The molecule has 1 amide bonds. The standard InChI is InChI=1S/C17H13N3O4/c21-17(24-11-12-4-2-1-3-5-12)19-16-9-6-13-10-14(20(22)23)7-8-15(13)18-16/h1-10H,11H2,(H,18,19,21). The highest BCUT2D eigenvalue weighted by Gasteiger charge is 2.09. The summed E-state index contributed by atoms with van der Waals surface area (Å²) in [6.45, 7) is 0.159. The van der Waals surface area contributed by atoms with Gasteiger partial charge < -0.3 is 4.74 Å². The fourth-order valence-corrected chi connectivity index (χ4v) is 2.16. The first kappa shape index (κ1) is 15.4. The highest BCUT2D eigenvalue weighted by Crippen LogP contribution is 2.21. The summed E-state index contributed by atoms with van der Waals surface area (Å²) in [6, 6.07) is 16.9. The molecule has 0 saturated heterocycles. The van der Waals surface area contributed by atoms with E-state index >= 15 is 0 Å². The number of ether oxygens (including phenoxy) is 1. The van der Waals surface area contributed by atoms with Gasteiger partial charge in [0.2, 0.25) is 0 Å². The van der Waals surface area contributed by atoms with E-state index < -0.39 is 11.0 Å². The molecule has 0 radical (unpaired) electrons. The Hall–Kier alpha value is -3.48. The molecule has 3 rings (SSSR count). The van der Waals surface area contributed by atoms with E-state index in [4.69, 9.17) is 4.74 Å². The summed E-state index contributed by atoms with van der Waals surface area (Å²) < 4.78 is 5.12. The van der Waals surface area contributed by atoms with E-state index in [1.165, 1.54) is 18.2 Å². The molecule has 0 aliphatic carbocycles. The van der Waals surface area contributed by atoms with E-state index in [1.807, 2.05) is 30.3 Å². The third-order valence-corrected chi connectivity index (χ3v) is 3.33. The number of hydrogen-bond donors (Lipinski definition) is 1. The van der Waals surface area contributed by atoms with Crippen LogP contribution in [-0.4, -0.2) is 16.0 Å². The lowest BCUT2D eigenvalue weighted by molar-refractivity contribution is -0.384. The van der Waals surface area contributed by atoms with Gasteiger partial charge >= 0.3 is 6.09 Å². The van der Waals surface area contributed by atoms with Crippen molar-refractivity contribution in [1.29, 1.82) is 0 Å². The second-order valence-corrected chi connectivity index (χ2v) is 5.02. The molecule has 0 aliphatic rings. The molecule has 1 heterocycles. The van der Waals surface area contributed by atoms with Crippen LogP contribution in [-0.2, 0) is 11.3 Å². The quantitative estimate of drug-likeness (QED) is 0.580. The monoisotopic (exact) mass is 323 g/mol. The molecule has 0 saturated carbocycles. The van der Waals surface area contributed by atoms with Crippen molar-refractivity contribution in [2.45, 2.75) is 6.61 Å². The van der Waals surface area contributed by atoms with Crippen LogP contribution in [0.4, 0.5) is 16.3 Å². The van der Waals surface area contributed by atoms with Gasteiger partial charge in [-0.15, -0.1) is 0 Å². The number of nitrogens with zero attached hydrogens (tertiary/aromatic N) is 2. The van der Waals surface area contributed by atoms with Gasteiger partial charge in [0.1, 0.15) is 12.4 Å². The molecule has 7 heteroatoms. The average Bonchev–Trinajstić information content (AvgIpc) is 2.60. The molecule has 7 nitrogen and oxygen atoms in total. The maximum absolute atomic E-state index is 11.8. The first-order valence-electron chi connectivity index (χ1n) is 7.15. The Bertz CT molecular complexity index is 897. The summed E-state index contributed by atoms with van der Waals surface area (Å²) in [5.74, 6) is 0.314. The Morgan fingerprint density at radius 2 is 1.92 bits per heavy atom. The van der Waals surface area contributed by atoms with Crippen LogP contribution in [0.15, 0.2) is 60.7 Å². The van der Waals surface area contributed by atoms with E-state index in [0.29, 0.717) is 16.7 Å². The number of nitro groups is 1. The van der Waals surface area contributed by atoms with E-state index in [-0.39, 0.29) is 12.3 Å². The number of pyridine rings is 1. The molecule has 3 aromatic rings. The molecular weight excluding hydrogens is 310 g/mol. The van der Waals surface area contributed by atoms with Gasteiger partial charge in [0.05, 0.1) is 10.4 Å². The Morgan fingerprint density at radius 1 is 1.12 bits per heavy atom. The van der Waals surface area contributed by atoms with Gasteiger partial charge in [0.25, 0.3) is 5.69 Å². The lowest BCUT2D eigenvalue weighted by Gasteiger charge is -2.07. The summed E-state index contributed by atoms with van der Waals surface area (Å²) in [5, 5.41) is 13.9. The molecular formula is C17H13N3O4. The van der Waals surface area contributed by atoms with Crippen molar-refractivity contribution in [2.24, 2.45) is 0 Å². The van der Waals surface area contributed by atoms with Gasteiger partial charge in [0.15, 0.2) is 0 Å². The number of carbonyl (C=O) groups excluding carboxylic acids is 1. The molecule has 1 aromatic heterocycles. The predicted molar refractivity (Wildman–Crippen MR) is 88.6 cm³/mol. The number of anilines is 1. The van der Waals surface area contributed by atoms with Crippen molar-refractivity contribution in [3.05, 3.63) is 76.3 Å². The highest BCUT2D eigenvalue weighted by molar-refractivity contribution is 5.87. The normalized spacial score (nSPS) is 10.3. The van der Waals surface area contributed by atoms with Crippen LogP contribution in [0.5, 0.6) is 0 Å². The Kier molecular flexibility index (Phi) is 4.33. The number of carbonyl (C=O) groups is 1. The minimum atomic E-state index is -0.618. The SMILES string of the molecule is O=C(Nc1ccc2cc([N+](=O)[O-])ccc2n1)OCc1ccccc1. The zero-order valence-electron chi connectivity index (χ0n) is 12.5. The van der Waals surface area contributed by atoms with Crippen LogP contribution in [0.2, 0.25) is 0 Å². The number of rotatable bonds is 4. The second kappa shape index (κ2) is 6.74. The molecule has 0 fully saturated rings. The van der Waals surface area contributed by atoms with Crippen LogP contribution in [0.1, 0.15) is 5.56 Å². The number of aromatic nitrogens is 1. The average molecular weight is 323 g/mol. The van der Waals surface area contributed by atoms with Gasteiger partial charge in [0, 0.05) is 17.5 Å². The number of amides is 1. The van der Waals surface area contributed by atoms with Crippen LogP contribution in [0.3, 0.4) is 0 Å². The number of fused-ring (bicyclic) bond motifs is 1. The molecule has 0 aliphatic heterocycles. The van der Waals surface area contributed by atoms with E-state index in [1.54, 1.807) is 12.1 Å². The summed E-state index contributed by atoms with van der Waals surface area (Å²) in [4.78, 5) is 26.3. The first-order chi connectivity index (χ1) is 11.6. The summed E-state index contributed by atoms with van der Waals surface area (Å²) in [5.41, 5.74) is 1.42. The molecule has 0 atom stereocenters. The molecule has 24 heavy (non-hydrogen) atoms. The molecule has 0 unspecified atom stereocenters. The maximum Gasteiger partial charge on any atom is 0.413 e. The summed E-state index contributed by atoms with van der Waals surface area (Å²) in [7, 11) is 0. The Labute approximate surface area is 137 Å². The number of nitro benzene ring substituents is 1. The van der Waals surface area contributed by atoms with Crippen LogP contribution >= 0.6 is 0 Å². The second-order valence-electron chi connectivity index (χ2n) is 5.02. The highest BCUT2D eigenvalue weighted by atomic mass is 16.6. The molecule has 0 bridgehead atoms. The van der Waals surface area contributed by atoms with Crippen LogP contribution < -0.4 is 5.32 Å². The lowest BCUT2D eigenvalue weighted by Crippen LogP contribution is -2.14. The van der Waals surface area contributed by atoms with Crippen molar-refractivity contribution < 1.29 is 14.5 Å². The van der Waals surface area contributed by atoms with Gasteiger partial charge in [-0.05, 0) is 23.8 Å². The zero-order valence-corrected chi connectivity index (χ0v) is 12.5. The third kappa shape index (κ3) is 3.64. The minimum Gasteiger partial charge on any atom is -0.444 e. The lowest BCUT2D eigenvalue weighted by atomic mass is 10.2. The number of benzene rings is 2. The Morgan fingerprint density at radius 3 is 2.67 bits per heavy atom. The van der Waals surface area contributed by atoms with Crippen LogP contribution in [0, 0.1) is 10.1 Å². The van der Waals surface area contributed by atoms with Crippen molar-refractivity contribution in [1.82, 2.24) is 4.98 Å². The van der Waals surface area contributed by atoms with Gasteiger partial charge in [-0.1, -0.05) is 30.3 Å². The largest absolute Gasteiger partial charge is 0.444 e. The van der Waals surface area contributed by atoms with Crippen molar-refractivity contribution >= 4 is 28.5 Å². The summed E-state index contributed by atoms with van der Waals surface area (Å²) in [6.07, 6.45) is -0.618. The molecule has 120 valence electrons. The van der Waals surface area contributed by atoms with Crippen molar-refractivity contribution in [3.63, 3.8) is 0 Å². The molecule has 0 spiro atoms. The first-order valence-corrected chi connectivity index (χ1v) is 7.15. The predicted octanol–water partition coefficient (Wildman–Crippen LogP) is 3.89. The number of nitrogens with one attached hydrogen (secondary N) is 1. The smallest absolute Gasteiger partial charge is 0.413 e. The van der Waals surface area contributed by atoms with Gasteiger partial charge in [-0.25, -0.2) is 9.78 Å². The van der Waals surface area contributed by atoms with Crippen molar-refractivity contribution in [2.75, 3.05) is 5.32 Å². The fraction of sp³-hybridized carbons (Fsp3) is 0.0588. The van der Waals surface area contributed by atoms with Gasteiger partial charge in [-0.2, -0.15) is 0 Å². The van der Waals surface area contributed by atoms with E-state index in [9.17, 15) is 14.9 Å². The molecule has 1 N–H and O–H groups in total. The summed E-state index contributed by atoms with van der Waals surface area (Å²) >= 11 is 0. The van der Waals surface area contributed by atoms with E-state index in [2.05, 4.69) is 10.3 Å². The fourth-order valence-electron chi connectivity index (χ4n) is 2.16. The Balaban J connectivity index is 1.67. The topological polar surface area (TPSA) is 94.4 Å².